The van der Waals surface area contributed by atoms with E-state index in [1.807, 2.05) is 0 Å². The number of allylic oxidation sites excluding steroid dienone is 2. The number of alkyl halides is 2. The van der Waals surface area contributed by atoms with Crippen LogP contribution in [0.25, 0.3) is 0 Å². The third kappa shape index (κ3) is 1.80. The van der Waals surface area contributed by atoms with Gasteiger partial charge in [-0.25, -0.2) is 0 Å². The topological polar surface area (TPSA) is 0 Å². The molecule has 0 amide bonds. The summed E-state index contributed by atoms with van der Waals surface area (Å²) >= 11 is 0.588. The summed E-state index contributed by atoms with van der Waals surface area (Å²) in [7, 11) is 0. The fraction of sp³-hybridized carbons (Fsp3) is 0.667. The molecule has 0 aromatic rings. The predicted octanol–water partition coefficient (Wildman–Crippen LogP) is -1.72. The standard InChI is InChI=1S/C6H10I/c1-6-3-2-4-7-5-6/h2-3,6H,4-5H2,1H3/q-1. The Balaban J connectivity index is 2.36. The van der Waals surface area contributed by atoms with Crippen molar-refractivity contribution in [3.8, 4) is 0 Å². The Morgan fingerprint density at radius 2 is 2.57 bits per heavy atom. The monoisotopic (exact) mass is 209 g/mol. The van der Waals surface area contributed by atoms with Crippen LogP contribution in [0.4, 0.5) is 0 Å². The van der Waals surface area contributed by atoms with Gasteiger partial charge in [-0.05, 0) is 0 Å². The van der Waals surface area contributed by atoms with E-state index < -0.39 is 0 Å². The Morgan fingerprint density at radius 3 is 2.86 bits per heavy atom. The van der Waals surface area contributed by atoms with Crippen LogP contribution >= 0.6 is 0 Å². The molecule has 7 heavy (non-hydrogen) atoms. The molecule has 0 N–H and O–H groups in total. The van der Waals surface area contributed by atoms with E-state index in [9.17, 15) is 0 Å². The van der Waals surface area contributed by atoms with Crippen molar-refractivity contribution in [1.82, 2.24) is 0 Å². The molecule has 1 aliphatic heterocycles. The molecular weight excluding hydrogens is 199 g/mol. The Labute approximate surface area is 55.3 Å². The zero-order valence-electron chi connectivity index (χ0n) is 4.52. The zero-order valence-corrected chi connectivity index (χ0v) is 6.68. The summed E-state index contributed by atoms with van der Waals surface area (Å²) in [4.78, 5) is 0. The van der Waals surface area contributed by atoms with Gasteiger partial charge in [0.25, 0.3) is 0 Å². The first-order chi connectivity index (χ1) is 3.39. The molecule has 0 fully saturated rings. The van der Waals surface area contributed by atoms with Crippen LogP contribution in [0.3, 0.4) is 0 Å². The molecule has 1 atom stereocenters. The van der Waals surface area contributed by atoms with Crippen LogP contribution in [0.5, 0.6) is 0 Å². The van der Waals surface area contributed by atoms with Crippen molar-refractivity contribution >= 4 is 0 Å². The van der Waals surface area contributed by atoms with Crippen molar-refractivity contribution in [2.45, 2.75) is 6.92 Å². The fourth-order valence-corrected chi connectivity index (χ4v) is 2.92. The molecule has 0 radical (unpaired) electrons. The third-order valence-electron chi connectivity index (χ3n) is 1.02. The minimum absolute atomic E-state index is 0.588. The fourth-order valence-electron chi connectivity index (χ4n) is 0.633. The van der Waals surface area contributed by atoms with Gasteiger partial charge in [0.05, 0.1) is 0 Å². The number of rotatable bonds is 0. The van der Waals surface area contributed by atoms with Gasteiger partial charge in [-0.15, -0.1) is 0 Å². The van der Waals surface area contributed by atoms with Gasteiger partial charge < -0.3 is 0 Å². The van der Waals surface area contributed by atoms with E-state index in [-0.39, 0.29) is 0 Å². The van der Waals surface area contributed by atoms with E-state index in [2.05, 4.69) is 19.1 Å². The molecule has 1 aliphatic rings. The van der Waals surface area contributed by atoms with E-state index in [1.54, 1.807) is 0 Å². The first-order valence-electron chi connectivity index (χ1n) is 2.60. The molecule has 1 heteroatoms. The van der Waals surface area contributed by atoms with Gasteiger partial charge in [0.1, 0.15) is 0 Å². The van der Waals surface area contributed by atoms with Crippen LogP contribution < -0.4 is 21.2 Å². The van der Waals surface area contributed by atoms with Crippen molar-refractivity contribution in [3.63, 3.8) is 0 Å². The number of halogens is 1. The molecule has 42 valence electrons. The molecular formula is C6H10I-. The van der Waals surface area contributed by atoms with Gasteiger partial charge in [-0.2, -0.15) is 0 Å². The first kappa shape index (κ1) is 5.60. The Bertz CT molecular complexity index is 76.2. The second kappa shape index (κ2) is 2.70. The van der Waals surface area contributed by atoms with Crippen LogP contribution in [-0.4, -0.2) is 8.86 Å². The second-order valence-electron chi connectivity index (χ2n) is 1.90. The maximum atomic E-state index is 2.34. The van der Waals surface area contributed by atoms with E-state index in [4.69, 9.17) is 0 Å². The normalized spacial score (nSPS) is 31.9. The SMILES string of the molecule is CC1C=CC[I-]C1. The third-order valence-corrected chi connectivity index (χ3v) is 4.16. The number of hydrogen-bond acceptors (Lipinski definition) is 0. The van der Waals surface area contributed by atoms with Crippen molar-refractivity contribution in [2.75, 3.05) is 8.86 Å². The van der Waals surface area contributed by atoms with Crippen molar-refractivity contribution < 1.29 is 21.2 Å². The van der Waals surface area contributed by atoms with Gasteiger partial charge >= 0.3 is 55.1 Å². The van der Waals surface area contributed by atoms with Gasteiger partial charge in [0.2, 0.25) is 0 Å². The molecule has 0 bridgehead atoms. The molecule has 0 aromatic carbocycles. The van der Waals surface area contributed by atoms with E-state index in [0.29, 0.717) is 21.2 Å². The van der Waals surface area contributed by atoms with Gasteiger partial charge in [0.15, 0.2) is 0 Å². The van der Waals surface area contributed by atoms with Crippen LogP contribution in [0.15, 0.2) is 12.2 Å². The van der Waals surface area contributed by atoms with Gasteiger partial charge in [-0.3, -0.25) is 0 Å². The summed E-state index contributed by atoms with van der Waals surface area (Å²) in [5.41, 5.74) is 0. The Morgan fingerprint density at radius 1 is 1.71 bits per heavy atom. The van der Waals surface area contributed by atoms with Crippen LogP contribution in [0.1, 0.15) is 6.92 Å². The Hall–Kier alpha value is 0.470. The summed E-state index contributed by atoms with van der Waals surface area (Å²) < 4.78 is 2.93. The summed E-state index contributed by atoms with van der Waals surface area (Å²) in [6.45, 7) is 2.30. The number of hydrogen-bond donors (Lipinski definition) is 0. The van der Waals surface area contributed by atoms with Crippen LogP contribution in [-0.2, 0) is 0 Å². The summed E-state index contributed by atoms with van der Waals surface area (Å²) in [5.74, 6) is 0.904. The molecule has 0 aliphatic carbocycles. The molecule has 0 saturated carbocycles. The van der Waals surface area contributed by atoms with E-state index in [0.717, 1.165) is 5.92 Å². The van der Waals surface area contributed by atoms with Gasteiger partial charge in [0, 0.05) is 0 Å². The van der Waals surface area contributed by atoms with Gasteiger partial charge in [-0.1, -0.05) is 0 Å². The van der Waals surface area contributed by atoms with Crippen molar-refractivity contribution in [2.24, 2.45) is 5.92 Å². The molecule has 0 saturated heterocycles. The average Bonchev–Trinajstić information content (AvgIpc) is 1.69. The van der Waals surface area contributed by atoms with Crippen LogP contribution in [0.2, 0.25) is 0 Å². The van der Waals surface area contributed by atoms with E-state index in [1.165, 1.54) is 8.86 Å². The summed E-state index contributed by atoms with van der Waals surface area (Å²) in [6, 6.07) is 0. The van der Waals surface area contributed by atoms with Crippen molar-refractivity contribution in [3.05, 3.63) is 12.2 Å². The average molecular weight is 209 g/mol. The predicted molar refractivity (Wildman–Crippen MR) is 28.0 cm³/mol. The molecule has 0 aromatic heterocycles. The zero-order chi connectivity index (χ0) is 5.11. The minimum atomic E-state index is 0.588. The molecule has 1 heterocycles. The van der Waals surface area contributed by atoms with Crippen LogP contribution in [0, 0.1) is 5.92 Å². The molecule has 0 nitrogen and oxygen atoms in total. The van der Waals surface area contributed by atoms with Crippen molar-refractivity contribution in [1.29, 1.82) is 0 Å². The summed E-state index contributed by atoms with van der Waals surface area (Å²) in [5, 5.41) is 0. The molecule has 1 rings (SSSR count). The molecule has 0 spiro atoms. The Kier molecular flexibility index (Phi) is 2.16. The second-order valence-corrected chi connectivity index (χ2v) is 4.74. The quantitative estimate of drug-likeness (QED) is 0.253. The molecule has 1 unspecified atom stereocenters. The van der Waals surface area contributed by atoms with E-state index >= 15 is 0 Å². The first-order valence-corrected chi connectivity index (χ1v) is 5.65. The maximum absolute atomic E-state index is 2.34. The summed E-state index contributed by atoms with van der Waals surface area (Å²) in [6.07, 6.45) is 4.67.